The van der Waals surface area contributed by atoms with Crippen molar-refractivity contribution in [2.75, 3.05) is 13.1 Å². The molecule has 1 aromatic carbocycles. The fourth-order valence-corrected chi connectivity index (χ4v) is 5.31. The Morgan fingerprint density at radius 1 is 1.15 bits per heavy atom. The molecule has 0 amide bonds. The third kappa shape index (κ3) is 3.01. The van der Waals surface area contributed by atoms with Gasteiger partial charge in [0.1, 0.15) is 4.90 Å². The highest BCUT2D eigenvalue weighted by atomic mass is 32.2. The number of aromatic nitrogens is 3. The molecule has 1 fully saturated rings. The Kier molecular flexibility index (Phi) is 4.28. The summed E-state index contributed by atoms with van der Waals surface area (Å²) in [5.41, 5.74) is 2.75. The summed E-state index contributed by atoms with van der Waals surface area (Å²) in [6.07, 6.45) is 7.23. The van der Waals surface area contributed by atoms with E-state index in [2.05, 4.69) is 10.1 Å². The van der Waals surface area contributed by atoms with Crippen LogP contribution in [-0.4, -0.2) is 40.6 Å². The Morgan fingerprint density at radius 3 is 2.62 bits per heavy atom. The summed E-state index contributed by atoms with van der Waals surface area (Å²) in [4.78, 5) is 4.69. The highest BCUT2D eigenvalue weighted by molar-refractivity contribution is 7.89. The van der Waals surface area contributed by atoms with E-state index in [-0.39, 0.29) is 0 Å². The molecular formula is C19H22N4O2S. The van der Waals surface area contributed by atoms with E-state index in [1.54, 1.807) is 27.3 Å². The van der Waals surface area contributed by atoms with Crippen LogP contribution in [-0.2, 0) is 17.1 Å². The lowest BCUT2D eigenvalue weighted by Gasteiger charge is -2.31. The number of hydrogen-bond acceptors (Lipinski definition) is 4. The first-order chi connectivity index (χ1) is 12.4. The van der Waals surface area contributed by atoms with Gasteiger partial charge in [-0.15, -0.1) is 0 Å². The van der Waals surface area contributed by atoms with Crippen LogP contribution in [0, 0.1) is 6.92 Å². The maximum atomic E-state index is 13.2. The third-order valence-electron chi connectivity index (χ3n) is 5.08. The molecule has 0 atom stereocenters. The summed E-state index contributed by atoms with van der Waals surface area (Å²) in [5.74, 6) is 0.364. The topological polar surface area (TPSA) is 68.1 Å². The molecule has 6 nitrogen and oxygen atoms in total. The van der Waals surface area contributed by atoms with Crippen molar-refractivity contribution < 1.29 is 8.42 Å². The predicted octanol–water partition coefficient (Wildman–Crippen LogP) is 2.85. The smallest absolute Gasteiger partial charge is 0.245 e. The van der Waals surface area contributed by atoms with Gasteiger partial charge < -0.3 is 0 Å². The van der Waals surface area contributed by atoms with Crippen LogP contribution in [0.3, 0.4) is 0 Å². The Bertz CT molecular complexity index is 1050. The Balaban J connectivity index is 1.60. The number of piperidine rings is 1. The van der Waals surface area contributed by atoms with Crippen LogP contribution in [0.1, 0.15) is 29.9 Å². The minimum atomic E-state index is -3.55. The maximum Gasteiger partial charge on any atom is 0.245 e. The normalized spacial score (nSPS) is 17.0. The number of sulfonamides is 1. The van der Waals surface area contributed by atoms with Gasteiger partial charge in [0.25, 0.3) is 0 Å². The molecule has 1 saturated heterocycles. The molecular weight excluding hydrogens is 348 g/mol. The molecule has 26 heavy (non-hydrogen) atoms. The first-order valence-electron chi connectivity index (χ1n) is 8.79. The second-order valence-electron chi connectivity index (χ2n) is 6.97. The van der Waals surface area contributed by atoms with E-state index >= 15 is 0 Å². The van der Waals surface area contributed by atoms with Gasteiger partial charge >= 0.3 is 0 Å². The molecule has 1 aliphatic rings. The molecule has 0 spiro atoms. The van der Waals surface area contributed by atoms with Gasteiger partial charge in [-0.2, -0.15) is 9.40 Å². The van der Waals surface area contributed by atoms with Crippen LogP contribution >= 0.6 is 0 Å². The highest BCUT2D eigenvalue weighted by Crippen LogP contribution is 2.32. The van der Waals surface area contributed by atoms with Crippen molar-refractivity contribution in [3.05, 3.63) is 54.0 Å². The van der Waals surface area contributed by atoms with Gasteiger partial charge in [0.2, 0.25) is 10.0 Å². The summed E-state index contributed by atoms with van der Waals surface area (Å²) >= 11 is 0. The second-order valence-corrected chi connectivity index (χ2v) is 8.87. The predicted molar refractivity (Wildman–Crippen MR) is 100 cm³/mol. The number of benzene rings is 1. The van der Waals surface area contributed by atoms with Crippen molar-refractivity contribution in [1.82, 2.24) is 19.1 Å². The molecule has 2 aromatic heterocycles. The van der Waals surface area contributed by atoms with Gasteiger partial charge in [0.15, 0.2) is 0 Å². The highest BCUT2D eigenvalue weighted by Gasteiger charge is 2.31. The van der Waals surface area contributed by atoms with E-state index in [1.807, 2.05) is 38.5 Å². The van der Waals surface area contributed by atoms with Crippen molar-refractivity contribution >= 4 is 20.9 Å². The van der Waals surface area contributed by atoms with Crippen LogP contribution in [0.4, 0.5) is 0 Å². The molecule has 3 aromatic rings. The quantitative estimate of drug-likeness (QED) is 0.711. The van der Waals surface area contributed by atoms with Gasteiger partial charge in [-0.05, 0) is 48.9 Å². The van der Waals surface area contributed by atoms with Crippen LogP contribution in [0.5, 0.6) is 0 Å². The monoisotopic (exact) mass is 370 g/mol. The molecule has 0 bridgehead atoms. The molecule has 0 radical (unpaired) electrons. The molecule has 0 unspecified atom stereocenters. The zero-order valence-electron chi connectivity index (χ0n) is 15.0. The number of aryl methyl sites for hydroxylation is 2. The molecule has 136 valence electrons. The van der Waals surface area contributed by atoms with Gasteiger partial charge in [0, 0.05) is 37.9 Å². The van der Waals surface area contributed by atoms with Gasteiger partial charge in [-0.1, -0.05) is 12.1 Å². The van der Waals surface area contributed by atoms with Crippen LogP contribution in [0.25, 0.3) is 10.9 Å². The molecule has 0 saturated carbocycles. The number of nitrogens with zero attached hydrogens (tertiary/aromatic N) is 4. The second kappa shape index (κ2) is 6.48. The van der Waals surface area contributed by atoms with Crippen molar-refractivity contribution in [2.45, 2.75) is 30.6 Å². The van der Waals surface area contributed by atoms with E-state index in [0.29, 0.717) is 29.4 Å². The molecule has 4 rings (SSSR count). The SMILES string of the molecule is Cc1cnc2c(S(=O)(=O)N3CCC(c4cnn(C)c4)CC3)cccc2c1. The molecule has 3 heterocycles. The maximum absolute atomic E-state index is 13.2. The lowest BCUT2D eigenvalue weighted by Crippen LogP contribution is -2.38. The van der Waals surface area contributed by atoms with Gasteiger partial charge in [-0.25, -0.2) is 8.42 Å². The van der Waals surface area contributed by atoms with E-state index in [4.69, 9.17) is 0 Å². The fourth-order valence-electron chi connectivity index (χ4n) is 3.67. The summed E-state index contributed by atoms with van der Waals surface area (Å²) in [5, 5.41) is 5.08. The Hall–Kier alpha value is -2.25. The van der Waals surface area contributed by atoms with E-state index in [0.717, 1.165) is 23.8 Å². The fraction of sp³-hybridized carbons (Fsp3) is 0.368. The minimum Gasteiger partial charge on any atom is -0.276 e. The molecule has 0 N–H and O–H groups in total. The van der Waals surface area contributed by atoms with E-state index in [9.17, 15) is 8.42 Å². The lowest BCUT2D eigenvalue weighted by atomic mass is 9.93. The van der Waals surface area contributed by atoms with Crippen molar-refractivity contribution in [3.63, 3.8) is 0 Å². The standard InChI is InChI=1S/C19H22N4O2S/c1-14-10-16-4-3-5-18(19(16)20-11-14)26(24,25)23-8-6-15(7-9-23)17-12-21-22(2)13-17/h3-5,10-13,15H,6-9H2,1-2H3. The number of hydrogen-bond donors (Lipinski definition) is 0. The van der Waals surface area contributed by atoms with Gasteiger partial charge in [-0.3, -0.25) is 9.67 Å². The zero-order chi connectivity index (χ0) is 18.3. The number of fused-ring (bicyclic) bond motifs is 1. The zero-order valence-corrected chi connectivity index (χ0v) is 15.8. The van der Waals surface area contributed by atoms with Crippen molar-refractivity contribution in [1.29, 1.82) is 0 Å². The third-order valence-corrected chi connectivity index (χ3v) is 7.01. The van der Waals surface area contributed by atoms with Crippen LogP contribution in [0.15, 0.2) is 47.8 Å². The first-order valence-corrected chi connectivity index (χ1v) is 10.2. The molecule has 1 aliphatic heterocycles. The minimum absolute atomic E-state index is 0.301. The largest absolute Gasteiger partial charge is 0.276 e. The van der Waals surface area contributed by atoms with E-state index < -0.39 is 10.0 Å². The number of para-hydroxylation sites is 1. The van der Waals surface area contributed by atoms with E-state index in [1.165, 1.54) is 5.56 Å². The summed E-state index contributed by atoms with van der Waals surface area (Å²) in [6, 6.07) is 7.32. The molecule has 0 aliphatic carbocycles. The lowest BCUT2D eigenvalue weighted by molar-refractivity contribution is 0.319. The Morgan fingerprint density at radius 2 is 1.92 bits per heavy atom. The number of rotatable bonds is 3. The van der Waals surface area contributed by atoms with Crippen molar-refractivity contribution in [2.24, 2.45) is 7.05 Å². The average Bonchev–Trinajstić information content (AvgIpc) is 3.07. The Labute approximate surface area is 153 Å². The van der Waals surface area contributed by atoms with Crippen LogP contribution < -0.4 is 0 Å². The summed E-state index contributed by atoms with van der Waals surface area (Å²) in [7, 11) is -1.65. The number of pyridine rings is 1. The first kappa shape index (κ1) is 17.2. The summed E-state index contributed by atoms with van der Waals surface area (Å²) < 4.78 is 29.8. The van der Waals surface area contributed by atoms with Gasteiger partial charge in [0.05, 0.1) is 11.7 Å². The van der Waals surface area contributed by atoms with Crippen LogP contribution in [0.2, 0.25) is 0 Å². The molecule has 7 heteroatoms. The van der Waals surface area contributed by atoms with Crippen molar-refractivity contribution in [3.8, 4) is 0 Å². The summed E-state index contributed by atoms with van der Waals surface area (Å²) in [6.45, 7) is 2.99. The average molecular weight is 370 g/mol.